The second-order valence-corrected chi connectivity index (χ2v) is 6.19. The average Bonchev–Trinajstić information content (AvgIpc) is 2.34. The minimum Gasteiger partial charge on any atom is -0.456 e. The smallest absolute Gasteiger partial charge is 0.351 e. The zero-order valence-corrected chi connectivity index (χ0v) is 13.4. The molecule has 114 valence electrons. The van der Waals surface area contributed by atoms with Gasteiger partial charge in [0.15, 0.2) is 5.82 Å². The number of cyclic esters (lactones) is 1. The number of ether oxygens (including phenoxy) is 2. The van der Waals surface area contributed by atoms with Crippen molar-refractivity contribution in [3.8, 4) is 0 Å². The summed E-state index contributed by atoms with van der Waals surface area (Å²) in [6.07, 6.45) is 1.41. The predicted molar refractivity (Wildman–Crippen MR) is 80.6 cm³/mol. The Labute approximate surface area is 127 Å². The van der Waals surface area contributed by atoms with Crippen molar-refractivity contribution in [3.63, 3.8) is 0 Å². The van der Waals surface area contributed by atoms with E-state index in [1.165, 1.54) is 6.33 Å². The Bertz CT molecular complexity index is 613. The number of esters is 1. The Morgan fingerprint density at radius 1 is 1.29 bits per heavy atom. The summed E-state index contributed by atoms with van der Waals surface area (Å²) in [5.41, 5.74) is 6.45. The van der Waals surface area contributed by atoms with E-state index >= 15 is 0 Å². The summed E-state index contributed by atoms with van der Waals surface area (Å²) in [4.78, 5) is 22.4. The summed E-state index contributed by atoms with van der Waals surface area (Å²) in [6, 6.07) is 0. The maximum Gasteiger partial charge on any atom is 0.351 e. The van der Waals surface area contributed by atoms with Crippen LogP contribution in [-0.2, 0) is 14.3 Å². The maximum absolute atomic E-state index is 12.1. The molecular weight excluding hydrogens is 292 g/mol. The number of nitrogen functional groups attached to an aromatic ring is 1. The number of carbonyl (C=O) groups is 1. The van der Waals surface area contributed by atoms with Gasteiger partial charge in [-0.05, 0) is 6.92 Å². The highest BCUT2D eigenvalue weighted by molar-refractivity contribution is 8.04. The molecule has 1 aliphatic heterocycles. The largest absolute Gasteiger partial charge is 0.456 e. The molecule has 8 heteroatoms. The fourth-order valence-corrected chi connectivity index (χ4v) is 2.67. The molecule has 2 heterocycles. The van der Waals surface area contributed by atoms with Gasteiger partial charge in [-0.3, -0.25) is 0 Å². The molecule has 0 saturated heterocycles. The van der Waals surface area contributed by atoms with Crippen molar-refractivity contribution in [1.82, 2.24) is 9.97 Å². The highest BCUT2D eigenvalue weighted by atomic mass is 32.2. The van der Waals surface area contributed by atoms with Crippen LogP contribution < -0.4 is 10.6 Å². The van der Waals surface area contributed by atoms with Crippen LogP contribution in [0.4, 0.5) is 11.5 Å². The lowest BCUT2D eigenvalue weighted by atomic mass is 10.3. The summed E-state index contributed by atoms with van der Waals surface area (Å²) in [6.45, 7) is 5.08. The second-order valence-electron chi connectivity index (χ2n) is 5.19. The zero-order chi connectivity index (χ0) is 15.8. The van der Waals surface area contributed by atoms with Crippen molar-refractivity contribution >= 4 is 29.2 Å². The van der Waals surface area contributed by atoms with Crippen LogP contribution in [-0.4, -0.2) is 35.8 Å². The van der Waals surface area contributed by atoms with Crippen LogP contribution in [0.15, 0.2) is 22.0 Å². The highest BCUT2D eigenvalue weighted by Gasteiger charge is 2.35. The minimum absolute atomic E-state index is 0.337. The molecule has 1 aromatic rings. The first-order chi connectivity index (χ1) is 9.71. The van der Waals surface area contributed by atoms with E-state index in [0.29, 0.717) is 27.2 Å². The molecular formula is C13H18N4O3S. The van der Waals surface area contributed by atoms with Crippen molar-refractivity contribution < 1.29 is 14.3 Å². The van der Waals surface area contributed by atoms with Gasteiger partial charge < -0.3 is 20.1 Å². The molecule has 7 nitrogen and oxygen atoms in total. The fraction of sp³-hybridized carbons (Fsp3) is 0.462. The van der Waals surface area contributed by atoms with E-state index < -0.39 is 11.8 Å². The summed E-state index contributed by atoms with van der Waals surface area (Å²) >= 11 is 1.12. The Balaban J connectivity index is 2.35. The summed E-state index contributed by atoms with van der Waals surface area (Å²) in [5.74, 6) is -0.322. The molecule has 1 aliphatic rings. The predicted octanol–water partition coefficient (Wildman–Crippen LogP) is 1.76. The van der Waals surface area contributed by atoms with Crippen LogP contribution in [0.1, 0.15) is 20.8 Å². The van der Waals surface area contributed by atoms with Gasteiger partial charge in [0.2, 0.25) is 5.79 Å². The van der Waals surface area contributed by atoms with Crippen LogP contribution in [0.3, 0.4) is 0 Å². The zero-order valence-electron chi connectivity index (χ0n) is 12.6. The topological polar surface area (TPSA) is 90.6 Å². The van der Waals surface area contributed by atoms with E-state index in [9.17, 15) is 4.79 Å². The molecule has 2 rings (SSSR count). The van der Waals surface area contributed by atoms with Crippen LogP contribution in [0.2, 0.25) is 0 Å². The summed E-state index contributed by atoms with van der Waals surface area (Å²) in [7, 11) is 3.66. The molecule has 0 radical (unpaired) electrons. The number of nitrogens with zero attached hydrogens (tertiary/aromatic N) is 3. The molecule has 21 heavy (non-hydrogen) atoms. The Hall–Kier alpha value is -1.96. The Morgan fingerprint density at radius 3 is 2.52 bits per heavy atom. The van der Waals surface area contributed by atoms with Gasteiger partial charge in [0.1, 0.15) is 27.7 Å². The molecule has 0 spiro atoms. The lowest BCUT2D eigenvalue weighted by Crippen LogP contribution is -2.35. The van der Waals surface area contributed by atoms with Crippen LogP contribution in [0, 0.1) is 0 Å². The number of carbonyl (C=O) groups excluding carboxylic acids is 1. The summed E-state index contributed by atoms with van der Waals surface area (Å²) < 4.78 is 10.8. The van der Waals surface area contributed by atoms with Crippen molar-refractivity contribution in [2.24, 2.45) is 0 Å². The van der Waals surface area contributed by atoms with Crippen LogP contribution in [0.25, 0.3) is 0 Å². The number of hydrogen-bond donors (Lipinski definition) is 1. The van der Waals surface area contributed by atoms with Crippen molar-refractivity contribution in [2.75, 3.05) is 24.7 Å². The maximum atomic E-state index is 12.1. The number of allylic oxidation sites excluding steroid dienone is 1. The monoisotopic (exact) mass is 310 g/mol. The molecule has 2 N–H and O–H groups in total. The van der Waals surface area contributed by atoms with E-state index in [0.717, 1.165) is 11.8 Å². The third-order valence-corrected chi connectivity index (χ3v) is 3.87. The van der Waals surface area contributed by atoms with Gasteiger partial charge in [-0.2, -0.15) is 0 Å². The molecule has 0 aromatic carbocycles. The average molecular weight is 310 g/mol. The molecule has 1 aromatic heterocycles. The number of aromatic nitrogens is 2. The number of thioether (sulfide) groups is 1. The lowest BCUT2D eigenvalue weighted by molar-refractivity contribution is -0.205. The van der Waals surface area contributed by atoms with Gasteiger partial charge in [-0.1, -0.05) is 11.8 Å². The number of anilines is 2. The van der Waals surface area contributed by atoms with E-state index in [1.807, 2.05) is 14.1 Å². The minimum atomic E-state index is -0.961. The molecule has 0 saturated carbocycles. The fourth-order valence-electron chi connectivity index (χ4n) is 1.87. The molecule has 0 bridgehead atoms. The van der Waals surface area contributed by atoms with Crippen molar-refractivity contribution in [1.29, 1.82) is 0 Å². The lowest BCUT2D eigenvalue weighted by Gasteiger charge is -2.32. The van der Waals surface area contributed by atoms with Gasteiger partial charge in [-0.15, -0.1) is 0 Å². The standard InChI is InChI=1S/C13H18N4O3S/c1-7-9(12(18)20-13(2,3)19-7)21-11-8(14)10(17(4)5)15-6-16-11/h6H,14H2,1-5H3. The molecule has 0 aliphatic carbocycles. The third kappa shape index (κ3) is 3.21. The number of nitrogens with two attached hydrogens (primary N) is 1. The van der Waals surface area contributed by atoms with Gasteiger partial charge in [0.05, 0.1) is 0 Å². The normalized spacial score (nSPS) is 17.3. The van der Waals surface area contributed by atoms with Gasteiger partial charge >= 0.3 is 5.97 Å². The van der Waals surface area contributed by atoms with E-state index in [4.69, 9.17) is 15.2 Å². The van der Waals surface area contributed by atoms with Crippen molar-refractivity contribution in [3.05, 3.63) is 17.0 Å². The van der Waals surface area contributed by atoms with Crippen molar-refractivity contribution in [2.45, 2.75) is 31.6 Å². The second kappa shape index (κ2) is 5.44. The summed E-state index contributed by atoms with van der Waals surface area (Å²) in [5, 5.41) is 0.489. The number of rotatable bonds is 3. The first-order valence-corrected chi connectivity index (χ1v) is 7.12. The van der Waals surface area contributed by atoms with Crippen LogP contribution in [0.5, 0.6) is 0 Å². The Morgan fingerprint density at radius 2 is 1.95 bits per heavy atom. The quantitative estimate of drug-likeness (QED) is 0.667. The van der Waals surface area contributed by atoms with Crippen LogP contribution >= 0.6 is 11.8 Å². The Kier molecular flexibility index (Phi) is 3.99. The van der Waals surface area contributed by atoms with Gasteiger partial charge in [0.25, 0.3) is 0 Å². The first-order valence-electron chi connectivity index (χ1n) is 6.30. The van der Waals surface area contributed by atoms with E-state index in [-0.39, 0.29) is 0 Å². The SMILES string of the molecule is CC1=C(Sc2ncnc(N(C)C)c2N)C(=O)OC(C)(C)O1. The number of hydrogen-bond acceptors (Lipinski definition) is 8. The first kappa shape index (κ1) is 15.4. The van der Waals surface area contributed by atoms with Gasteiger partial charge in [-0.25, -0.2) is 14.8 Å². The molecule has 0 fully saturated rings. The van der Waals surface area contributed by atoms with E-state index in [1.54, 1.807) is 25.7 Å². The molecule has 0 amide bonds. The highest BCUT2D eigenvalue weighted by Crippen LogP contribution is 2.39. The molecule has 0 unspecified atom stereocenters. The van der Waals surface area contributed by atoms with Gasteiger partial charge in [0, 0.05) is 27.9 Å². The van der Waals surface area contributed by atoms with E-state index in [2.05, 4.69) is 9.97 Å². The molecule has 0 atom stereocenters. The third-order valence-electron chi connectivity index (χ3n) is 2.69.